The van der Waals surface area contributed by atoms with Crippen LogP contribution in [0.3, 0.4) is 0 Å². The van der Waals surface area contributed by atoms with Crippen LogP contribution in [0.1, 0.15) is 37.4 Å². The van der Waals surface area contributed by atoms with Crippen LogP contribution in [0.4, 0.5) is 24.8 Å². The number of hydrogen-bond donors (Lipinski definition) is 2. The van der Waals surface area contributed by atoms with Gasteiger partial charge in [0.2, 0.25) is 0 Å². The predicted octanol–water partition coefficient (Wildman–Crippen LogP) is 1.70. The minimum Gasteiger partial charge on any atom is -0.363 e. The van der Waals surface area contributed by atoms with Crippen LogP contribution in [0.25, 0.3) is 0 Å². The number of rotatable bonds is 4. The fraction of sp³-hybridized carbons (Fsp3) is 0.529. The first kappa shape index (κ1) is 19.9. The summed E-state index contributed by atoms with van der Waals surface area (Å²) in [7, 11) is 1.36. The number of nitrogens with zero attached hydrogens (tertiary/aromatic N) is 4. The van der Waals surface area contributed by atoms with Crippen molar-refractivity contribution in [3.05, 3.63) is 44.2 Å². The van der Waals surface area contributed by atoms with E-state index in [1.165, 1.54) is 13.1 Å². The van der Waals surface area contributed by atoms with Crippen LogP contribution in [0.2, 0.25) is 0 Å². The Labute approximate surface area is 158 Å². The molecule has 0 spiro atoms. The van der Waals surface area contributed by atoms with Gasteiger partial charge in [-0.1, -0.05) is 13.8 Å². The Morgan fingerprint density at radius 2 is 1.96 bits per heavy atom. The summed E-state index contributed by atoms with van der Waals surface area (Å²) in [6.07, 6.45) is -4.04. The zero-order valence-corrected chi connectivity index (χ0v) is 15.7. The molecule has 11 heteroatoms. The highest BCUT2D eigenvalue weighted by molar-refractivity contribution is 5.48. The van der Waals surface area contributed by atoms with Crippen molar-refractivity contribution in [2.45, 2.75) is 38.4 Å². The molecule has 1 saturated heterocycles. The molecule has 2 aromatic heterocycles. The van der Waals surface area contributed by atoms with Gasteiger partial charge in [0.15, 0.2) is 5.82 Å². The average molecular weight is 398 g/mol. The SMILES string of the molecule is CC(C)c1cc(C(F)(F)F)c(N[C@@H]2CCN(c3cc(=O)n(C)c(=O)[nH]3)C2)nn1. The van der Waals surface area contributed by atoms with Crippen molar-refractivity contribution >= 4 is 11.6 Å². The zero-order chi connectivity index (χ0) is 20.6. The summed E-state index contributed by atoms with van der Waals surface area (Å²) in [6, 6.07) is 1.97. The molecule has 1 aliphatic heterocycles. The standard InChI is InChI=1S/C17H21F3N6O2/c1-9(2)12-6-11(17(18,19)20)15(24-23-12)21-10-4-5-26(8-10)13-7-14(27)25(3)16(28)22-13/h6-7,9-10H,4-5,8H2,1-3H3,(H,21,24)(H,22,28)/t10-/m1/s1. The maximum atomic E-state index is 13.4. The topological polar surface area (TPSA) is 95.9 Å². The number of anilines is 2. The van der Waals surface area contributed by atoms with E-state index in [1.807, 2.05) is 0 Å². The number of aromatic amines is 1. The van der Waals surface area contributed by atoms with Crippen molar-refractivity contribution in [3.63, 3.8) is 0 Å². The Morgan fingerprint density at radius 1 is 1.25 bits per heavy atom. The molecule has 2 aromatic rings. The van der Waals surface area contributed by atoms with Crippen LogP contribution in [0.15, 0.2) is 21.7 Å². The van der Waals surface area contributed by atoms with Crippen molar-refractivity contribution in [3.8, 4) is 0 Å². The van der Waals surface area contributed by atoms with Crippen molar-refractivity contribution in [2.24, 2.45) is 7.05 Å². The highest BCUT2D eigenvalue weighted by Crippen LogP contribution is 2.35. The van der Waals surface area contributed by atoms with Gasteiger partial charge in [-0.2, -0.15) is 18.3 Å². The molecular weight excluding hydrogens is 377 g/mol. The fourth-order valence-electron chi connectivity index (χ4n) is 3.02. The summed E-state index contributed by atoms with van der Waals surface area (Å²) in [5.74, 6) is -0.155. The number of aromatic nitrogens is 4. The Kier molecular flexibility index (Phi) is 5.18. The van der Waals surface area contributed by atoms with E-state index in [0.717, 1.165) is 10.6 Å². The molecule has 0 aromatic carbocycles. The molecule has 2 N–H and O–H groups in total. The van der Waals surface area contributed by atoms with Crippen molar-refractivity contribution < 1.29 is 13.2 Å². The molecule has 0 amide bonds. The summed E-state index contributed by atoms with van der Waals surface area (Å²) < 4.78 is 41.3. The third-order valence-electron chi connectivity index (χ3n) is 4.71. The molecule has 3 heterocycles. The zero-order valence-electron chi connectivity index (χ0n) is 15.7. The maximum absolute atomic E-state index is 13.4. The molecule has 152 valence electrons. The summed E-state index contributed by atoms with van der Waals surface area (Å²) >= 11 is 0. The van der Waals surface area contributed by atoms with Crippen LogP contribution in [0.5, 0.6) is 0 Å². The van der Waals surface area contributed by atoms with E-state index in [-0.39, 0.29) is 23.5 Å². The Hall–Kier alpha value is -2.85. The van der Waals surface area contributed by atoms with E-state index in [0.29, 0.717) is 25.3 Å². The van der Waals surface area contributed by atoms with Gasteiger partial charge in [0, 0.05) is 32.2 Å². The summed E-state index contributed by atoms with van der Waals surface area (Å²) in [6.45, 7) is 4.28. The highest BCUT2D eigenvalue weighted by atomic mass is 19.4. The molecule has 0 bridgehead atoms. The van der Waals surface area contributed by atoms with Crippen LogP contribution in [-0.4, -0.2) is 38.9 Å². The number of halogens is 3. The first-order valence-electron chi connectivity index (χ1n) is 8.83. The first-order valence-corrected chi connectivity index (χ1v) is 8.83. The lowest BCUT2D eigenvalue weighted by Gasteiger charge is -2.20. The molecule has 28 heavy (non-hydrogen) atoms. The van der Waals surface area contributed by atoms with Gasteiger partial charge >= 0.3 is 11.9 Å². The molecule has 1 fully saturated rings. The van der Waals surface area contributed by atoms with Crippen LogP contribution >= 0.6 is 0 Å². The van der Waals surface area contributed by atoms with E-state index in [2.05, 4.69) is 20.5 Å². The summed E-state index contributed by atoms with van der Waals surface area (Å²) in [4.78, 5) is 27.9. The average Bonchev–Trinajstić information content (AvgIpc) is 3.07. The van der Waals surface area contributed by atoms with E-state index < -0.39 is 23.0 Å². The van der Waals surface area contributed by atoms with Gasteiger partial charge in [-0.25, -0.2) is 4.79 Å². The van der Waals surface area contributed by atoms with Gasteiger partial charge in [-0.3, -0.25) is 14.3 Å². The number of H-pyrrole nitrogens is 1. The fourth-order valence-corrected chi connectivity index (χ4v) is 3.02. The third-order valence-corrected chi connectivity index (χ3v) is 4.71. The predicted molar refractivity (Wildman–Crippen MR) is 97.7 cm³/mol. The molecule has 0 aliphatic carbocycles. The van der Waals surface area contributed by atoms with E-state index in [9.17, 15) is 22.8 Å². The number of alkyl halides is 3. The number of hydrogen-bond acceptors (Lipinski definition) is 6. The summed E-state index contributed by atoms with van der Waals surface area (Å²) in [5, 5.41) is 10.5. The molecule has 1 aliphatic rings. The smallest absolute Gasteiger partial charge is 0.363 e. The second kappa shape index (κ2) is 7.28. The normalized spacial score (nSPS) is 17.4. The Balaban J connectivity index is 1.81. The van der Waals surface area contributed by atoms with Crippen LogP contribution in [-0.2, 0) is 13.2 Å². The van der Waals surface area contributed by atoms with Crippen molar-refractivity contribution in [2.75, 3.05) is 23.3 Å². The van der Waals surface area contributed by atoms with Gasteiger partial charge < -0.3 is 10.2 Å². The second-order valence-electron chi connectivity index (χ2n) is 7.12. The first-order chi connectivity index (χ1) is 13.1. The molecular formula is C17H21F3N6O2. The van der Waals surface area contributed by atoms with Gasteiger partial charge in [0.05, 0.1) is 5.69 Å². The van der Waals surface area contributed by atoms with Gasteiger partial charge in [0.25, 0.3) is 5.56 Å². The quantitative estimate of drug-likeness (QED) is 0.814. The minimum absolute atomic E-state index is 0.179. The van der Waals surface area contributed by atoms with E-state index >= 15 is 0 Å². The summed E-state index contributed by atoms with van der Waals surface area (Å²) in [5.41, 5.74) is -1.59. The monoisotopic (exact) mass is 398 g/mol. The van der Waals surface area contributed by atoms with Crippen LogP contribution < -0.4 is 21.5 Å². The molecule has 0 saturated carbocycles. The van der Waals surface area contributed by atoms with Crippen LogP contribution in [0, 0.1) is 0 Å². The lowest BCUT2D eigenvalue weighted by Crippen LogP contribution is -2.36. The third kappa shape index (κ3) is 4.02. The molecule has 0 radical (unpaired) electrons. The molecule has 1 atom stereocenters. The molecule has 0 unspecified atom stereocenters. The van der Waals surface area contributed by atoms with Crippen molar-refractivity contribution in [1.82, 2.24) is 19.7 Å². The second-order valence-corrected chi connectivity index (χ2v) is 7.12. The van der Waals surface area contributed by atoms with E-state index in [4.69, 9.17) is 0 Å². The largest absolute Gasteiger partial charge is 0.420 e. The Morgan fingerprint density at radius 3 is 2.57 bits per heavy atom. The van der Waals surface area contributed by atoms with Crippen molar-refractivity contribution in [1.29, 1.82) is 0 Å². The Bertz CT molecular complexity index is 951. The number of nitrogens with one attached hydrogen (secondary N) is 2. The van der Waals surface area contributed by atoms with Gasteiger partial charge in [0.1, 0.15) is 11.4 Å². The molecule has 3 rings (SSSR count). The lowest BCUT2D eigenvalue weighted by atomic mass is 10.1. The maximum Gasteiger partial charge on any atom is 0.420 e. The minimum atomic E-state index is -4.56. The lowest BCUT2D eigenvalue weighted by molar-refractivity contribution is -0.137. The van der Waals surface area contributed by atoms with Gasteiger partial charge in [-0.15, -0.1) is 5.10 Å². The highest BCUT2D eigenvalue weighted by Gasteiger charge is 2.36. The van der Waals surface area contributed by atoms with E-state index in [1.54, 1.807) is 18.7 Å². The molecule has 8 nitrogen and oxygen atoms in total. The van der Waals surface area contributed by atoms with Gasteiger partial charge in [-0.05, 0) is 18.4 Å².